The number of halogens is 4. The van der Waals surface area contributed by atoms with E-state index in [2.05, 4.69) is 17.0 Å². The second-order valence-corrected chi connectivity index (χ2v) is 9.14. The normalized spacial score (nSPS) is 27.0. The summed E-state index contributed by atoms with van der Waals surface area (Å²) in [5.74, 6) is -2.13. The molecule has 0 unspecified atom stereocenters. The van der Waals surface area contributed by atoms with Gasteiger partial charge in [0, 0.05) is 30.6 Å². The number of fused-ring (bicyclic) bond motifs is 1. The molecule has 10 heteroatoms. The lowest BCUT2D eigenvalue weighted by Gasteiger charge is -2.36. The highest BCUT2D eigenvalue weighted by atomic mass is 19.4. The number of hydrogen-bond donors (Lipinski definition) is 0. The number of carbonyl (C=O) groups excluding carboxylic acids is 1. The fraction of sp³-hybridized carbons (Fsp3) is 0.682. The molecule has 32 heavy (non-hydrogen) atoms. The zero-order valence-corrected chi connectivity index (χ0v) is 18.5. The molecule has 2 fully saturated rings. The number of ether oxygens (including phenoxy) is 1. The lowest BCUT2D eigenvalue weighted by Crippen LogP contribution is -2.42. The van der Waals surface area contributed by atoms with Crippen molar-refractivity contribution in [3.63, 3.8) is 0 Å². The Kier molecular flexibility index (Phi) is 6.06. The molecule has 2 aliphatic rings. The van der Waals surface area contributed by atoms with Gasteiger partial charge in [-0.05, 0) is 51.0 Å². The van der Waals surface area contributed by atoms with Crippen LogP contribution in [0.5, 0.6) is 0 Å². The van der Waals surface area contributed by atoms with E-state index in [1.165, 1.54) is 11.6 Å². The van der Waals surface area contributed by atoms with Crippen LogP contribution < -0.4 is 0 Å². The van der Waals surface area contributed by atoms with Gasteiger partial charge in [-0.25, -0.2) is 18.7 Å². The molecule has 6 nitrogen and oxygen atoms in total. The van der Waals surface area contributed by atoms with E-state index < -0.39 is 24.0 Å². The highest BCUT2D eigenvalue weighted by molar-refractivity contribution is 5.67. The maximum atomic E-state index is 15.4. The third-order valence-electron chi connectivity index (χ3n) is 7.06. The summed E-state index contributed by atoms with van der Waals surface area (Å²) in [6.07, 6.45) is -3.40. The molecule has 3 heterocycles. The van der Waals surface area contributed by atoms with E-state index in [0.29, 0.717) is 18.8 Å². The maximum absolute atomic E-state index is 15.4. The maximum Gasteiger partial charge on any atom is 0.409 e. The van der Waals surface area contributed by atoms with Gasteiger partial charge in [0.1, 0.15) is 5.69 Å². The lowest BCUT2D eigenvalue weighted by atomic mass is 9.80. The van der Waals surface area contributed by atoms with Gasteiger partial charge in [-0.2, -0.15) is 18.3 Å². The molecular formula is C22H28F4N4O2. The van der Waals surface area contributed by atoms with Crippen LogP contribution >= 0.6 is 0 Å². The number of rotatable bonds is 2. The molecule has 2 atom stereocenters. The molecule has 176 valence electrons. The Labute approximate surface area is 183 Å². The van der Waals surface area contributed by atoms with Crippen LogP contribution in [0, 0.1) is 24.6 Å². The number of hydrogen-bond acceptors (Lipinski definition) is 4. The molecule has 1 saturated heterocycles. The Morgan fingerprint density at radius 1 is 1.19 bits per heavy atom. The van der Waals surface area contributed by atoms with E-state index in [0.717, 1.165) is 12.1 Å². The van der Waals surface area contributed by atoms with E-state index in [1.807, 2.05) is 6.07 Å². The van der Waals surface area contributed by atoms with Gasteiger partial charge in [0.15, 0.2) is 11.5 Å². The van der Waals surface area contributed by atoms with Crippen LogP contribution in [0.3, 0.4) is 0 Å². The number of aryl methyl sites for hydroxylation is 1. The van der Waals surface area contributed by atoms with E-state index in [9.17, 15) is 18.0 Å². The van der Waals surface area contributed by atoms with Crippen LogP contribution in [0.1, 0.15) is 67.9 Å². The molecule has 0 aromatic carbocycles. The molecule has 2 aromatic rings. The van der Waals surface area contributed by atoms with Crippen molar-refractivity contribution < 1.29 is 27.1 Å². The zero-order chi connectivity index (χ0) is 23.2. The van der Waals surface area contributed by atoms with E-state index >= 15 is 4.39 Å². The minimum absolute atomic E-state index is 0.0193. The number of piperidine rings is 1. The summed E-state index contributed by atoms with van der Waals surface area (Å²) >= 11 is 0. The summed E-state index contributed by atoms with van der Waals surface area (Å²) in [7, 11) is 1.34. The van der Waals surface area contributed by atoms with E-state index in [4.69, 9.17) is 4.74 Å². The van der Waals surface area contributed by atoms with E-state index in [1.54, 1.807) is 11.8 Å². The van der Waals surface area contributed by atoms with Gasteiger partial charge >= 0.3 is 12.3 Å². The SMILES string of the molecule is COC(=O)N1CC[C@@H](C)[C@H](c2cc(C)nc3c(F)c(C4CCC(C(F)(F)F)CC4)nn23)C1. The Balaban J connectivity index is 1.68. The van der Waals surface area contributed by atoms with Crippen LogP contribution in [0.25, 0.3) is 5.65 Å². The summed E-state index contributed by atoms with van der Waals surface area (Å²) in [5, 5.41) is 4.53. The number of methoxy groups -OCH3 is 1. The van der Waals surface area contributed by atoms with Crippen LogP contribution in [0.15, 0.2) is 6.07 Å². The minimum Gasteiger partial charge on any atom is -0.453 e. The molecule has 0 radical (unpaired) electrons. The highest BCUT2D eigenvalue weighted by Crippen LogP contribution is 2.43. The molecule has 4 rings (SSSR count). The smallest absolute Gasteiger partial charge is 0.409 e. The monoisotopic (exact) mass is 456 g/mol. The van der Waals surface area contributed by atoms with Crippen LogP contribution in [0.2, 0.25) is 0 Å². The molecule has 0 spiro atoms. The predicted molar refractivity (Wildman–Crippen MR) is 109 cm³/mol. The van der Waals surface area contributed by atoms with Crippen molar-refractivity contribution in [1.29, 1.82) is 0 Å². The Morgan fingerprint density at radius 2 is 1.88 bits per heavy atom. The summed E-state index contributed by atoms with van der Waals surface area (Å²) in [4.78, 5) is 18.0. The fourth-order valence-corrected chi connectivity index (χ4v) is 5.13. The van der Waals surface area contributed by atoms with Crippen molar-refractivity contribution in [3.8, 4) is 0 Å². The molecule has 0 bridgehead atoms. The third kappa shape index (κ3) is 4.15. The number of aromatic nitrogens is 3. The van der Waals surface area contributed by atoms with Crippen molar-refractivity contribution in [1.82, 2.24) is 19.5 Å². The van der Waals surface area contributed by atoms with Gasteiger partial charge in [-0.15, -0.1) is 0 Å². The Hall–Kier alpha value is -2.39. The summed E-state index contributed by atoms with van der Waals surface area (Å²) in [6, 6.07) is 1.85. The van der Waals surface area contributed by atoms with E-state index in [-0.39, 0.29) is 54.8 Å². The van der Waals surface area contributed by atoms with Gasteiger partial charge in [-0.1, -0.05) is 6.92 Å². The van der Waals surface area contributed by atoms with Crippen LogP contribution in [0.4, 0.5) is 22.4 Å². The molecule has 1 aliphatic heterocycles. The molecule has 1 amide bonds. The quantitative estimate of drug-likeness (QED) is 0.583. The van der Waals surface area contributed by atoms with Crippen molar-refractivity contribution in [2.75, 3.05) is 20.2 Å². The Morgan fingerprint density at radius 3 is 2.50 bits per heavy atom. The first-order valence-electron chi connectivity index (χ1n) is 11.1. The second-order valence-electron chi connectivity index (χ2n) is 9.14. The van der Waals surface area contributed by atoms with Crippen LogP contribution in [-0.4, -0.2) is 52.0 Å². The van der Waals surface area contributed by atoms with Gasteiger partial charge < -0.3 is 9.64 Å². The fourth-order valence-electron chi connectivity index (χ4n) is 5.13. The second kappa shape index (κ2) is 8.51. The number of carbonyl (C=O) groups is 1. The first-order valence-corrected chi connectivity index (χ1v) is 11.1. The topological polar surface area (TPSA) is 59.7 Å². The van der Waals surface area contributed by atoms with Gasteiger partial charge in [0.2, 0.25) is 0 Å². The van der Waals surface area contributed by atoms with Crippen LogP contribution in [-0.2, 0) is 4.74 Å². The predicted octanol–water partition coefficient (Wildman–Crippen LogP) is 5.20. The number of nitrogens with zero attached hydrogens (tertiary/aromatic N) is 4. The first kappa shape index (κ1) is 22.8. The third-order valence-corrected chi connectivity index (χ3v) is 7.06. The molecule has 0 N–H and O–H groups in total. The van der Waals surface area contributed by atoms with Crippen molar-refractivity contribution in [2.45, 2.75) is 64.0 Å². The molecular weight excluding hydrogens is 428 g/mol. The van der Waals surface area contributed by atoms with Crippen molar-refractivity contribution in [2.24, 2.45) is 11.8 Å². The van der Waals surface area contributed by atoms with Gasteiger partial charge in [-0.3, -0.25) is 0 Å². The van der Waals surface area contributed by atoms with Crippen molar-refractivity contribution in [3.05, 3.63) is 29.0 Å². The average molecular weight is 456 g/mol. The number of likely N-dealkylation sites (tertiary alicyclic amines) is 1. The number of alkyl halides is 3. The van der Waals surface area contributed by atoms with Gasteiger partial charge in [0.05, 0.1) is 18.7 Å². The zero-order valence-electron chi connectivity index (χ0n) is 18.5. The Bertz CT molecular complexity index is 998. The first-order chi connectivity index (χ1) is 15.1. The molecule has 1 saturated carbocycles. The van der Waals surface area contributed by atoms with Gasteiger partial charge in [0.25, 0.3) is 0 Å². The minimum atomic E-state index is -4.21. The largest absolute Gasteiger partial charge is 0.453 e. The summed E-state index contributed by atoms with van der Waals surface area (Å²) in [5.41, 5.74) is 1.66. The average Bonchev–Trinajstić information content (AvgIpc) is 3.09. The lowest BCUT2D eigenvalue weighted by molar-refractivity contribution is -0.182. The standard InChI is InChI=1S/C22H28F4N4O2/c1-12-8-9-29(21(31)32-3)11-16(12)17-10-13(2)27-20-18(23)19(28-30(17)20)14-4-6-15(7-5-14)22(24,25)26/h10,12,14-16H,4-9,11H2,1-3H3/t12-,14?,15?,16-/m1/s1. The molecule has 2 aromatic heterocycles. The summed E-state index contributed by atoms with van der Waals surface area (Å²) < 4.78 is 60.8. The summed E-state index contributed by atoms with van der Waals surface area (Å²) in [6.45, 7) is 4.86. The number of amides is 1. The molecule has 1 aliphatic carbocycles. The highest BCUT2D eigenvalue weighted by Gasteiger charge is 2.42. The van der Waals surface area contributed by atoms with Crippen molar-refractivity contribution >= 4 is 11.7 Å².